The molecule has 0 fully saturated rings. The van der Waals surface area contributed by atoms with Crippen molar-refractivity contribution in [3.05, 3.63) is 89.2 Å². The van der Waals surface area contributed by atoms with E-state index in [-0.39, 0.29) is 18.8 Å². The van der Waals surface area contributed by atoms with Gasteiger partial charge in [0, 0.05) is 17.7 Å². The number of hydrogen-bond acceptors (Lipinski definition) is 3. The first kappa shape index (κ1) is 18.6. The molecule has 0 heterocycles. The van der Waals surface area contributed by atoms with Gasteiger partial charge in [0.2, 0.25) is 0 Å². The van der Waals surface area contributed by atoms with E-state index in [0.29, 0.717) is 23.4 Å². The van der Waals surface area contributed by atoms with E-state index in [2.05, 4.69) is 0 Å². The van der Waals surface area contributed by atoms with Gasteiger partial charge in [0.15, 0.2) is 0 Å². The maximum atomic E-state index is 14.3. The van der Waals surface area contributed by atoms with Gasteiger partial charge in [-0.3, -0.25) is 4.79 Å². The Morgan fingerprint density at radius 1 is 1.00 bits per heavy atom. The molecular formula is C22H20FNO3. The number of para-hydroxylation sites is 1. The van der Waals surface area contributed by atoms with E-state index in [1.807, 2.05) is 24.3 Å². The predicted octanol–water partition coefficient (Wildman–Crippen LogP) is 4.16. The number of halogens is 1. The van der Waals surface area contributed by atoms with Gasteiger partial charge < -0.3 is 15.6 Å². The highest BCUT2D eigenvalue weighted by Crippen LogP contribution is 2.26. The molecule has 4 nitrogen and oxygen atoms in total. The van der Waals surface area contributed by atoms with Crippen molar-refractivity contribution in [2.75, 3.05) is 0 Å². The Morgan fingerprint density at radius 3 is 2.59 bits per heavy atom. The van der Waals surface area contributed by atoms with E-state index in [9.17, 15) is 9.18 Å². The summed E-state index contributed by atoms with van der Waals surface area (Å²) in [6.45, 7) is 0.596. The summed E-state index contributed by atoms with van der Waals surface area (Å²) >= 11 is 0. The van der Waals surface area contributed by atoms with E-state index in [1.54, 1.807) is 36.4 Å². The zero-order valence-electron chi connectivity index (χ0n) is 14.7. The molecule has 5 heteroatoms. The highest BCUT2D eigenvalue weighted by molar-refractivity contribution is 5.71. The molecule has 3 aromatic carbocycles. The summed E-state index contributed by atoms with van der Waals surface area (Å²) in [5.74, 6) is -0.731. The predicted molar refractivity (Wildman–Crippen MR) is 102 cm³/mol. The maximum absolute atomic E-state index is 14.3. The fourth-order valence-electron chi connectivity index (χ4n) is 2.86. The lowest BCUT2D eigenvalue weighted by molar-refractivity contribution is -0.136. The van der Waals surface area contributed by atoms with Gasteiger partial charge in [-0.2, -0.15) is 0 Å². The van der Waals surface area contributed by atoms with Crippen molar-refractivity contribution in [3.63, 3.8) is 0 Å². The second kappa shape index (κ2) is 8.47. The molecule has 0 bridgehead atoms. The molecule has 0 aromatic heterocycles. The van der Waals surface area contributed by atoms with Crippen molar-refractivity contribution in [2.45, 2.75) is 19.6 Å². The third-order valence-electron chi connectivity index (χ3n) is 4.21. The van der Waals surface area contributed by atoms with Crippen molar-refractivity contribution in [3.8, 4) is 16.9 Å². The van der Waals surface area contributed by atoms with Crippen LogP contribution in [0.15, 0.2) is 66.7 Å². The number of carbonyl (C=O) groups is 1. The summed E-state index contributed by atoms with van der Waals surface area (Å²) in [6.07, 6.45) is -0.114. The molecule has 3 N–H and O–H groups in total. The van der Waals surface area contributed by atoms with Crippen LogP contribution in [0.3, 0.4) is 0 Å². The number of ether oxygens (including phenoxy) is 1. The number of carboxylic acid groups (broad SMARTS) is 1. The normalized spacial score (nSPS) is 10.6. The number of hydrogen-bond donors (Lipinski definition) is 2. The number of benzene rings is 3. The van der Waals surface area contributed by atoms with Gasteiger partial charge in [-0.05, 0) is 41.0 Å². The van der Waals surface area contributed by atoms with Crippen molar-refractivity contribution >= 4 is 5.97 Å². The fraction of sp³-hybridized carbons (Fsp3) is 0.136. The van der Waals surface area contributed by atoms with Crippen LogP contribution >= 0.6 is 0 Å². The van der Waals surface area contributed by atoms with Crippen LogP contribution in [0.25, 0.3) is 11.1 Å². The largest absolute Gasteiger partial charge is 0.489 e. The molecule has 0 aliphatic rings. The lowest BCUT2D eigenvalue weighted by atomic mass is 10.0. The number of carboxylic acids is 1. The molecule has 3 aromatic rings. The third kappa shape index (κ3) is 4.71. The number of aliphatic carboxylic acids is 1. The summed E-state index contributed by atoms with van der Waals surface area (Å²) in [4.78, 5) is 11.0. The van der Waals surface area contributed by atoms with Crippen molar-refractivity contribution in [1.29, 1.82) is 0 Å². The smallest absolute Gasteiger partial charge is 0.307 e. The molecule has 0 saturated carbocycles. The van der Waals surface area contributed by atoms with Crippen LogP contribution in [-0.2, 0) is 24.4 Å². The molecule has 0 atom stereocenters. The van der Waals surface area contributed by atoms with Gasteiger partial charge in [-0.25, -0.2) is 4.39 Å². The van der Waals surface area contributed by atoms with Crippen LogP contribution in [0.2, 0.25) is 0 Å². The van der Waals surface area contributed by atoms with E-state index in [1.165, 1.54) is 6.07 Å². The van der Waals surface area contributed by atoms with Crippen LogP contribution in [0.4, 0.5) is 4.39 Å². The van der Waals surface area contributed by atoms with Crippen LogP contribution < -0.4 is 10.5 Å². The Labute approximate surface area is 157 Å². The lowest BCUT2D eigenvalue weighted by Crippen LogP contribution is -2.04. The minimum atomic E-state index is -0.921. The highest BCUT2D eigenvalue weighted by Gasteiger charge is 2.10. The van der Waals surface area contributed by atoms with Crippen molar-refractivity contribution in [2.24, 2.45) is 5.73 Å². The number of rotatable bonds is 7. The first-order valence-corrected chi connectivity index (χ1v) is 8.57. The van der Waals surface area contributed by atoms with Crippen molar-refractivity contribution in [1.82, 2.24) is 0 Å². The first-order valence-electron chi connectivity index (χ1n) is 8.57. The van der Waals surface area contributed by atoms with E-state index in [4.69, 9.17) is 15.6 Å². The summed E-state index contributed by atoms with van der Waals surface area (Å²) < 4.78 is 20.1. The second-order valence-electron chi connectivity index (χ2n) is 6.19. The lowest BCUT2D eigenvalue weighted by Gasteiger charge is -2.12. The monoisotopic (exact) mass is 365 g/mol. The standard InChI is InChI=1S/C22H20FNO3/c23-20-9-8-16(11-19(20)17-6-3-4-15(10-17)13-24)14-27-21-7-2-1-5-18(21)12-22(25)26/h1-11H,12-14,24H2,(H,25,26). The third-order valence-corrected chi connectivity index (χ3v) is 4.21. The SMILES string of the molecule is NCc1cccc(-c2cc(COc3ccccc3CC(=O)O)ccc2F)c1. The molecule has 0 aliphatic carbocycles. The van der Waals surface area contributed by atoms with E-state index in [0.717, 1.165) is 16.7 Å². The number of nitrogens with two attached hydrogens (primary N) is 1. The second-order valence-corrected chi connectivity index (χ2v) is 6.19. The minimum Gasteiger partial charge on any atom is -0.489 e. The first-order chi connectivity index (χ1) is 13.1. The molecule has 0 amide bonds. The zero-order chi connectivity index (χ0) is 19.2. The topological polar surface area (TPSA) is 72.5 Å². The fourth-order valence-corrected chi connectivity index (χ4v) is 2.86. The highest BCUT2D eigenvalue weighted by atomic mass is 19.1. The summed E-state index contributed by atoms with van der Waals surface area (Å²) in [6, 6.07) is 19.3. The van der Waals surface area contributed by atoms with Crippen LogP contribution in [0.5, 0.6) is 5.75 Å². The molecule has 3 rings (SSSR count). The summed E-state index contributed by atoms with van der Waals surface area (Å²) in [5, 5.41) is 9.01. The molecule has 0 saturated heterocycles. The quantitative estimate of drug-likeness (QED) is 0.659. The van der Waals surface area contributed by atoms with Crippen molar-refractivity contribution < 1.29 is 19.0 Å². The molecular weight excluding hydrogens is 345 g/mol. The van der Waals surface area contributed by atoms with E-state index >= 15 is 0 Å². The Balaban J connectivity index is 1.82. The van der Waals surface area contributed by atoms with Crippen LogP contribution in [0, 0.1) is 5.82 Å². The van der Waals surface area contributed by atoms with Gasteiger partial charge in [-0.1, -0.05) is 42.5 Å². The van der Waals surface area contributed by atoms with E-state index < -0.39 is 5.97 Å². The Morgan fingerprint density at radius 2 is 1.81 bits per heavy atom. The van der Waals surface area contributed by atoms with Gasteiger partial charge in [0.25, 0.3) is 0 Å². The average Bonchev–Trinajstić information content (AvgIpc) is 2.68. The Bertz CT molecular complexity index is 956. The van der Waals surface area contributed by atoms with Gasteiger partial charge in [-0.15, -0.1) is 0 Å². The molecule has 0 radical (unpaired) electrons. The molecule has 138 valence electrons. The summed E-state index contributed by atoms with van der Waals surface area (Å²) in [7, 11) is 0. The molecule has 0 aliphatic heterocycles. The van der Waals surface area contributed by atoms with Crippen LogP contribution in [0.1, 0.15) is 16.7 Å². The van der Waals surface area contributed by atoms with Gasteiger partial charge in [0.1, 0.15) is 18.2 Å². The average molecular weight is 365 g/mol. The maximum Gasteiger partial charge on any atom is 0.307 e. The van der Waals surface area contributed by atoms with Gasteiger partial charge >= 0.3 is 5.97 Å². The van der Waals surface area contributed by atoms with Crippen LogP contribution in [-0.4, -0.2) is 11.1 Å². The zero-order valence-corrected chi connectivity index (χ0v) is 14.7. The summed E-state index contributed by atoms with van der Waals surface area (Å²) in [5.41, 5.74) is 9.21. The molecule has 27 heavy (non-hydrogen) atoms. The molecule has 0 spiro atoms. The molecule has 0 unspecified atom stereocenters. The Kier molecular flexibility index (Phi) is 5.84. The van der Waals surface area contributed by atoms with Gasteiger partial charge in [0.05, 0.1) is 6.42 Å². The Hall–Kier alpha value is -3.18. The minimum absolute atomic E-state index is 0.114.